The van der Waals surface area contributed by atoms with E-state index in [0.717, 1.165) is 23.3 Å². The Bertz CT molecular complexity index is 877. The van der Waals surface area contributed by atoms with E-state index in [1.165, 1.54) is 0 Å². The molecule has 0 aliphatic carbocycles. The van der Waals surface area contributed by atoms with E-state index >= 15 is 0 Å². The highest BCUT2D eigenvalue weighted by atomic mass is 16.5. The van der Waals surface area contributed by atoms with Crippen molar-refractivity contribution in [2.24, 2.45) is 0 Å². The molecule has 1 aromatic carbocycles. The molecule has 124 valence electrons. The molecule has 4 rings (SSSR count). The third-order valence-electron chi connectivity index (χ3n) is 4.22. The van der Waals surface area contributed by atoms with Crippen LogP contribution in [0, 0.1) is 6.92 Å². The van der Waals surface area contributed by atoms with Gasteiger partial charge in [0.2, 0.25) is 0 Å². The third kappa shape index (κ3) is 2.78. The van der Waals surface area contributed by atoms with E-state index in [-0.39, 0.29) is 11.9 Å². The largest absolute Gasteiger partial charge is 0.379 e. The van der Waals surface area contributed by atoms with Gasteiger partial charge in [-0.2, -0.15) is 0 Å². The number of aryl methyl sites for hydroxylation is 1. The maximum atomic E-state index is 12.2. The number of imidazole rings is 1. The smallest absolute Gasteiger partial charge is 0.273 e. The normalized spacial score (nSPS) is 17.5. The van der Waals surface area contributed by atoms with Crippen molar-refractivity contribution in [1.82, 2.24) is 20.0 Å². The number of nitrogens with one attached hydrogen (secondary N) is 1. The van der Waals surface area contributed by atoms with E-state index in [4.69, 9.17) is 9.26 Å². The minimum atomic E-state index is -0.229. The summed E-state index contributed by atoms with van der Waals surface area (Å²) in [6, 6.07) is 9.66. The fourth-order valence-corrected chi connectivity index (χ4v) is 2.95. The van der Waals surface area contributed by atoms with Crippen LogP contribution in [0.4, 0.5) is 0 Å². The monoisotopic (exact) mass is 326 g/mol. The first-order chi connectivity index (χ1) is 11.7. The fraction of sp³-hybridized carbons (Fsp3) is 0.353. The predicted molar refractivity (Wildman–Crippen MR) is 86.8 cm³/mol. The number of fused-ring (bicyclic) bond motifs is 1. The second kappa shape index (κ2) is 6.09. The standard InChI is InChI=1S/C17H18N4O3/c1-11-18-14-4-2-3-5-16(14)21(11)9-13-8-15(20-24-13)17(22)19-12-6-7-23-10-12/h2-5,8,12H,6-7,9-10H2,1H3,(H,19,22)/t12-/m1/s1. The van der Waals surface area contributed by atoms with Gasteiger partial charge >= 0.3 is 0 Å². The number of carbonyl (C=O) groups excluding carboxylic acids is 1. The molecule has 3 heterocycles. The van der Waals surface area contributed by atoms with E-state index in [1.54, 1.807) is 6.07 Å². The Morgan fingerprint density at radius 2 is 2.29 bits per heavy atom. The molecule has 0 saturated carbocycles. The van der Waals surface area contributed by atoms with Crippen molar-refractivity contribution in [3.05, 3.63) is 47.6 Å². The molecule has 0 spiro atoms. The van der Waals surface area contributed by atoms with Crippen LogP contribution in [0.5, 0.6) is 0 Å². The minimum absolute atomic E-state index is 0.0532. The summed E-state index contributed by atoms with van der Waals surface area (Å²) in [5.41, 5.74) is 2.26. The van der Waals surface area contributed by atoms with E-state index < -0.39 is 0 Å². The maximum Gasteiger partial charge on any atom is 0.273 e. The summed E-state index contributed by atoms with van der Waals surface area (Å²) in [4.78, 5) is 16.7. The molecule has 0 unspecified atom stereocenters. The van der Waals surface area contributed by atoms with Gasteiger partial charge in [0.25, 0.3) is 5.91 Å². The summed E-state index contributed by atoms with van der Waals surface area (Å²) < 4.78 is 12.6. The molecule has 7 heteroatoms. The summed E-state index contributed by atoms with van der Waals surface area (Å²) in [5.74, 6) is 1.28. The SMILES string of the molecule is Cc1nc2ccccc2n1Cc1cc(C(=O)N[C@@H]2CCOC2)no1. The molecule has 7 nitrogen and oxygen atoms in total. The highest BCUT2D eigenvalue weighted by Gasteiger charge is 2.21. The molecule has 2 aromatic heterocycles. The molecule has 0 bridgehead atoms. The molecule has 1 atom stereocenters. The zero-order chi connectivity index (χ0) is 16.5. The summed E-state index contributed by atoms with van der Waals surface area (Å²) >= 11 is 0. The molecular weight excluding hydrogens is 308 g/mol. The van der Waals surface area contributed by atoms with Gasteiger partial charge in [0.05, 0.1) is 30.2 Å². The second-order valence-corrected chi connectivity index (χ2v) is 5.95. The Morgan fingerprint density at radius 3 is 3.12 bits per heavy atom. The quantitative estimate of drug-likeness (QED) is 0.792. The molecule has 1 aliphatic heterocycles. The lowest BCUT2D eigenvalue weighted by Gasteiger charge is -2.07. The van der Waals surface area contributed by atoms with Crippen molar-refractivity contribution >= 4 is 16.9 Å². The summed E-state index contributed by atoms with van der Waals surface area (Å²) in [7, 11) is 0. The number of hydrogen-bond acceptors (Lipinski definition) is 5. The number of para-hydroxylation sites is 2. The molecule has 1 fully saturated rings. The van der Waals surface area contributed by atoms with E-state index in [1.807, 2.05) is 35.8 Å². The molecule has 1 amide bonds. The van der Waals surface area contributed by atoms with E-state index in [2.05, 4.69) is 15.5 Å². The lowest BCUT2D eigenvalue weighted by Crippen LogP contribution is -2.35. The molecule has 0 radical (unpaired) electrons. The lowest BCUT2D eigenvalue weighted by molar-refractivity contribution is 0.0920. The number of rotatable bonds is 4. The number of carbonyl (C=O) groups is 1. The molecule has 1 saturated heterocycles. The van der Waals surface area contributed by atoms with Crippen LogP contribution in [0.25, 0.3) is 11.0 Å². The third-order valence-corrected chi connectivity index (χ3v) is 4.22. The number of aromatic nitrogens is 3. The van der Waals surface area contributed by atoms with Crippen molar-refractivity contribution in [1.29, 1.82) is 0 Å². The van der Waals surface area contributed by atoms with Gasteiger partial charge in [-0.25, -0.2) is 4.98 Å². The Labute approximate surface area is 138 Å². The molecular formula is C17H18N4O3. The number of nitrogens with zero attached hydrogens (tertiary/aromatic N) is 3. The molecule has 3 aromatic rings. The summed E-state index contributed by atoms with van der Waals surface area (Å²) in [5, 5.41) is 6.79. The summed E-state index contributed by atoms with van der Waals surface area (Å²) in [6.07, 6.45) is 0.830. The van der Waals surface area contributed by atoms with Crippen LogP contribution in [-0.2, 0) is 11.3 Å². The van der Waals surface area contributed by atoms with Gasteiger partial charge in [-0.3, -0.25) is 4.79 Å². The van der Waals surface area contributed by atoms with Crippen LogP contribution < -0.4 is 5.32 Å². The van der Waals surface area contributed by atoms with Crippen LogP contribution in [0.1, 0.15) is 28.5 Å². The second-order valence-electron chi connectivity index (χ2n) is 5.95. The van der Waals surface area contributed by atoms with Crippen molar-refractivity contribution in [3.8, 4) is 0 Å². The van der Waals surface area contributed by atoms with Crippen molar-refractivity contribution in [3.63, 3.8) is 0 Å². The lowest BCUT2D eigenvalue weighted by atomic mass is 10.2. The van der Waals surface area contributed by atoms with E-state index in [0.29, 0.717) is 31.2 Å². The number of amides is 1. The van der Waals surface area contributed by atoms with Gasteiger partial charge in [0, 0.05) is 12.7 Å². The first-order valence-corrected chi connectivity index (χ1v) is 7.97. The van der Waals surface area contributed by atoms with Crippen LogP contribution >= 0.6 is 0 Å². The van der Waals surface area contributed by atoms with Crippen LogP contribution in [0.15, 0.2) is 34.9 Å². The molecule has 1 aliphatic rings. The number of hydrogen-bond donors (Lipinski definition) is 1. The first-order valence-electron chi connectivity index (χ1n) is 7.97. The fourth-order valence-electron chi connectivity index (χ4n) is 2.95. The number of benzene rings is 1. The average molecular weight is 326 g/mol. The van der Waals surface area contributed by atoms with Crippen molar-refractivity contribution in [2.75, 3.05) is 13.2 Å². The average Bonchev–Trinajstić information content (AvgIpc) is 3.29. The Balaban J connectivity index is 1.52. The molecule has 24 heavy (non-hydrogen) atoms. The van der Waals surface area contributed by atoms with E-state index in [9.17, 15) is 4.79 Å². The Kier molecular flexibility index (Phi) is 3.78. The number of ether oxygens (including phenoxy) is 1. The summed E-state index contributed by atoms with van der Waals surface area (Å²) in [6.45, 7) is 3.67. The van der Waals surface area contributed by atoms with Gasteiger partial charge in [0.1, 0.15) is 5.82 Å². The Hall–Kier alpha value is -2.67. The highest BCUT2D eigenvalue weighted by molar-refractivity contribution is 5.92. The highest BCUT2D eigenvalue weighted by Crippen LogP contribution is 2.18. The first kappa shape index (κ1) is 14.9. The van der Waals surface area contributed by atoms with Gasteiger partial charge in [0.15, 0.2) is 11.5 Å². The van der Waals surface area contributed by atoms with Crippen molar-refractivity contribution in [2.45, 2.75) is 25.9 Å². The van der Waals surface area contributed by atoms with Gasteiger partial charge in [-0.1, -0.05) is 17.3 Å². The minimum Gasteiger partial charge on any atom is -0.379 e. The van der Waals surface area contributed by atoms with Gasteiger partial charge < -0.3 is 19.1 Å². The van der Waals surface area contributed by atoms with Gasteiger partial charge in [-0.15, -0.1) is 0 Å². The predicted octanol–water partition coefficient (Wildman–Crippen LogP) is 1.90. The topological polar surface area (TPSA) is 82.2 Å². The van der Waals surface area contributed by atoms with Crippen molar-refractivity contribution < 1.29 is 14.1 Å². The van der Waals surface area contributed by atoms with Crippen LogP contribution in [0.2, 0.25) is 0 Å². The zero-order valence-electron chi connectivity index (χ0n) is 13.4. The van der Waals surface area contributed by atoms with Crippen LogP contribution in [0.3, 0.4) is 0 Å². The maximum absolute atomic E-state index is 12.2. The van der Waals surface area contributed by atoms with Gasteiger partial charge in [-0.05, 0) is 25.5 Å². The van der Waals surface area contributed by atoms with Crippen LogP contribution in [-0.4, -0.2) is 39.9 Å². The molecule has 1 N–H and O–H groups in total. The zero-order valence-corrected chi connectivity index (χ0v) is 13.4. The Morgan fingerprint density at radius 1 is 1.42 bits per heavy atom.